The number of nitrogens with two attached hydrogens (primary N) is 1. The molecule has 0 aliphatic carbocycles. The van der Waals surface area contributed by atoms with Crippen LogP contribution in [0.25, 0.3) is 11.0 Å². The van der Waals surface area contributed by atoms with Crippen LogP contribution in [0, 0.1) is 0 Å². The summed E-state index contributed by atoms with van der Waals surface area (Å²) in [6.07, 6.45) is 4.09. The minimum absolute atomic E-state index is 0.636. The maximum Gasteiger partial charge on any atom is 0.134 e. The van der Waals surface area contributed by atoms with Crippen LogP contribution in [0.1, 0.15) is 11.4 Å². The van der Waals surface area contributed by atoms with Gasteiger partial charge in [-0.3, -0.25) is 15.2 Å². The van der Waals surface area contributed by atoms with Crippen molar-refractivity contribution in [3.05, 3.63) is 35.9 Å². The Morgan fingerprint density at radius 3 is 2.88 bits per heavy atom. The molecule has 4 N–H and O–H groups in total. The zero-order valence-corrected chi connectivity index (χ0v) is 8.44. The number of fused-ring (bicyclic) bond motifs is 1. The van der Waals surface area contributed by atoms with Gasteiger partial charge in [0, 0.05) is 24.5 Å². The van der Waals surface area contributed by atoms with Gasteiger partial charge in [0.05, 0.1) is 11.4 Å². The quantitative estimate of drug-likeness (QED) is 0.589. The molecule has 6 heteroatoms. The summed E-state index contributed by atoms with van der Waals surface area (Å²) in [6.45, 7) is 0. The highest BCUT2D eigenvalue weighted by molar-refractivity contribution is 5.87. The number of hydrogen-bond acceptors (Lipinski definition) is 4. The smallest absolute Gasteiger partial charge is 0.134 e. The molecule has 80 valence electrons. The predicted molar refractivity (Wildman–Crippen MR) is 59.7 cm³/mol. The third-order valence-electron chi connectivity index (χ3n) is 2.47. The van der Waals surface area contributed by atoms with Crippen LogP contribution in [0.3, 0.4) is 0 Å². The fourth-order valence-corrected chi connectivity index (χ4v) is 1.68. The Kier molecular flexibility index (Phi) is 1.86. The van der Waals surface area contributed by atoms with Gasteiger partial charge in [-0.2, -0.15) is 10.2 Å². The Labute approximate surface area is 90.9 Å². The van der Waals surface area contributed by atoms with Gasteiger partial charge in [-0.25, -0.2) is 0 Å². The molecule has 3 heterocycles. The van der Waals surface area contributed by atoms with Crippen LogP contribution in [0.15, 0.2) is 24.5 Å². The molecular weight excluding hydrogens is 204 g/mol. The Hall–Kier alpha value is -2.37. The second-order valence-electron chi connectivity index (χ2n) is 3.56. The topological polar surface area (TPSA) is 96.3 Å². The highest BCUT2D eigenvalue weighted by atomic mass is 15.1. The van der Waals surface area contributed by atoms with E-state index in [1.54, 1.807) is 18.5 Å². The van der Waals surface area contributed by atoms with Gasteiger partial charge in [0.2, 0.25) is 0 Å². The van der Waals surface area contributed by atoms with Crippen LogP contribution in [0.2, 0.25) is 0 Å². The van der Waals surface area contributed by atoms with Crippen molar-refractivity contribution in [1.82, 2.24) is 25.4 Å². The van der Waals surface area contributed by atoms with Crippen molar-refractivity contribution < 1.29 is 0 Å². The molecule has 0 fully saturated rings. The van der Waals surface area contributed by atoms with Gasteiger partial charge < -0.3 is 5.73 Å². The number of aromatic nitrogens is 5. The molecule has 6 nitrogen and oxygen atoms in total. The number of anilines is 1. The Morgan fingerprint density at radius 2 is 2.06 bits per heavy atom. The lowest BCUT2D eigenvalue weighted by Gasteiger charge is -1.95. The van der Waals surface area contributed by atoms with E-state index in [0.717, 1.165) is 22.4 Å². The summed E-state index contributed by atoms with van der Waals surface area (Å²) in [4.78, 5) is 4.27. The monoisotopic (exact) mass is 214 g/mol. The number of hydrogen-bond donors (Lipinski definition) is 3. The first-order valence-corrected chi connectivity index (χ1v) is 4.90. The zero-order valence-electron chi connectivity index (χ0n) is 8.44. The molecular formula is C10H10N6. The van der Waals surface area contributed by atoms with Crippen LogP contribution >= 0.6 is 0 Å². The van der Waals surface area contributed by atoms with Crippen LogP contribution < -0.4 is 5.73 Å². The lowest BCUT2D eigenvalue weighted by molar-refractivity contribution is 0.949. The average molecular weight is 214 g/mol. The van der Waals surface area contributed by atoms with E-state index in [4.69, 9.17) is 5.73 Å². The molecule has 3 aromatic heterocycles. The van der Waals surface area contributed by atoms with E-state index >= 15 is 0 Å². The molecule has 0 aliphatic rings. The standard InChI is InChI=1S/C10H10N6/c11-7-2-3-12-10-8(15-16-9(7)10)5-6-1-4-13-14-6/h1-4H,5H2,(H2,11,12)(H,13,14)(H,15,16). The molecule has 0 saturated heterocycles. The van der Waals surface area contributed by atoms with Crippen LogP contribution in [0.4, 0.5) is 5.69 Å². The van der Waals surface area contributed by atoms with E-state index in [9.17, 15) is 0 Å². The van der Waals surface area contributed by atoms with Crippen molar-refractivity contribution >= 4 is 16.7 Å². The molecule has 0 aliphatic heterocycles. The van der Waals surface area contributed by atoms with Crippen LogP contribution in [0.5, 0.6) is 0 Å². The second kappa shape index (κ2) is 3.34. The first-order chi connectivity index (χ1) is 7.84. The Balaban J connectivity index is 2.08. The predicted octanol–water partition coefficient (Wildman–Crippen LogP) is 0.854. The van der Waals surface area contributed by atoms with Gasteiger partial charge in [0.25, 0.3) is 0 Å². The molecule has 3 rings (SSSR count). The molecule has 3 aromatic rings. The first-order valence-electron chi connectivity index (χ1n) is 4.90. The van der Waals surface area contributed by atoms with Crippen LogP contribution in [-0.4, -0.2) is 25.4 Å². The van der Waals surface area contributed by atoms with E-state index in [1.807, 2.05) is 6.07 Å². The molecule has 0 unspecified atom stereocenters. The van der Waals surface area contributed by atoms with Gasteiger partial charge in [-0.05, 0) is 12.1 Å². The van der Waals surface area contributed by atoms with Crippen molar-refractivity contribution in [2.75, 3.05) is 5.73 Å². The van der Waals surface area contributed by atoms with Gasteiger partial charge in [-0.1, -0.05) is 0 Å². The lowest BCUT2D eigenvalue weighted by Crippen LogP contribution is -1.91. The fourth-order valence-electron chi connectivity index (χ4n) is 1.68. The first kappa shape index (κ1) is 8.90. The van der Waals surface area contributed by atoms with E-state index in [-0.39, 0.29) is 0 Å². The highest BCUT2D eigenvalue weighted by Crippen LogP contribution is 2.20. The van der Waals surface area contributed by atoms with E-state index in [1.165, 1.54) is 0 Å². The number of nitrogens with one attached hydrogen (secondary N) is 2. The normalized spacial score (nSPS) is 11.0. The van der Waals surface area contributed by atoms with Gasteiger partial charge in [-0.15, -0.1) is 0 Å². The summed E-state index contributed by atoms with van der Waals surface area (Å²) in [7, 11) is 0. The number of aromatic amines is 2. The fraction of sp³-hybridized carbons (Fsp3) is 0.100. The van der Waals surface area contributed by atoms with Crippen molar-refractivity contribution in [3.63, 3.8) is 0 Å². The van der Waals surface area contributed by atoms with E-state index < -0.39 is 0 Å². The highest BCUT2D eigenvalue weighted by Gasteiger charge is 2.09. The largest absolute Gasteiger partial charge is 0.397 e. The molecule has 0 spiro atoms. The Bertz CT molecular complexity index is 609. The summed E-state index contributed by atoms with van der Waals surface area (Å²) in [6, 6.07) is 3.65. The van der Waals surface area contributed by atoms with E-state index in [2.05, 4.69) is 25.4 Å². The number of nitrogen functional groups attached to an aromatic ring is 1. The van der Waals surface area contributed by atoms with E-state index in [0.29, 0.717) is 12.1 Å². The van der Waals surface area contributed by atoms with Crippen molar-refractivity contribution in [2.45, 2.75) is 6.42 Å². The number of rotatable bonds is 2. The number of nitrogens with zero attached hydrogens (tertiary/aromatic N) is 3. The minimum atomic E-state index is 0.636. The lowest BCUT2D eigenvalue weighted by atomic mass is 10.2. The van der Waals surface area contributed by atoms with Crippen molar-refractivity contribution in [1.29, 1.82) is 0 Å². The maximum atomic E-state index is 5.80. The number of pyridine rings is 1. The molecule has 0 saturated carbocycles. The van der Waals surface area contributed by atoms with Gasteiger partial charge in [0.1, 0.15) is 11.0 Å². The summed E-state index contributed by atoms with van der Waals surface area (Å²) in [5.74, 6) is 0. The zero-order chi connectivity index (χ0) is 11.0. The second-order valence-corrected chi connectivity index (χ2v) is 3.56. The maximum absolute atomic E-state index is 5.80. The molecule has 0 aromatic carbocycles. The van der Waals surface area contributed by atoms with Crippen molar-refractivity contribution in [2.24, 2.45) is 0 Å². The van der Waals surface area contributed by atoms with Crippen molar-refractivity contribution in [3.8, 4) is 0 Å². The molecule has 0 bridgehead atoms. The third kappa shape index (κ3) is 1.31. The molecule has 16 heavy (non-hydrogen) atoms. The number of H-pyrrole nitrogens is 2. The van der Waals surface area contributed by atoms with Crippen LogP contribution in [-0.2, 0) is 6.42 Å². The molecule has 0 amide bonds. The molecule has 0 radical (unpaired) electrons. The van der Waals surface area contributed by atoms with Gasteiger partial charge >= 0.3 is 0 Å². The average Bonchev–Trinajstić information content (AvgIpc) is 2.90. The SMILES string of the molecule is Nc1ccnc2c(Cc3ccn[nH]3)[nH]nc12. The summed E-state index contributed by atoms with van der Waals surface area (Å²) in [5, 5.41) is 13.9. The summed E-state index contributed by atoms with van der Waals surface area (Å²) in [5.41, 5.74) is 9.92. The molecule has 0 atom stereocenters. The summed E-state index contributed by atoms with van der Waals surface area (Å²) >= 11 is 0. The van der Waals surface area contributed by atoms with Gasteiger partial charge in [0.15, 0.2) is 0 Å². The third-order valence-corrected chi connectivity index (χ3v) is 2.47. The minimum Gasteiger partial charge on any atom is -0.397 e. The Morgan fingerprint density at radius 1 is 1.12 bits per heavy atom. The summed E-state index contributed by atoms with van der Waals surface area (Å²) < 4.78 is 0.